The highest BCUT2D eigenvalue weighted by molar-refractivity contribution is 9.10. The van der Waals surface area contributed by atoms with Crippen LogP contribution in [0.4, 0.5) is 0 Å². The molecule has 1 aromatic carbocycles. The zero-order chi connectivity index (χ0) is 11.8. The smallest absolute Gasteiger partial charge is 0.216 e. The van der Waals surface area contributed by atoms with Gasteiger partial charge in [-0.15, -0.1) is 0 Å². The van der Waals surface area contributed by atoms with Crippen molar-refractivity contribution in [2.24, 2.45) is 0 Å². The third kappa shape index (κ3) is 1.82. The monoisotopic (exact) mass is 288 g/mol. The minimum atomic E-state index is 0.628. The molecular formula is C12H9BrN4. The maximum Gasteiger partial charge on any atom is 0.252 e. The minimum absolute atomic E-state index is 0.628. The predicted molar refractivity (Wildman–Crippen MR) is 68.7 cm³/mol. The lowest BCUT2D eigenvalue weighted by molar-refractivity contribution is 0.937. The first kappa shape index (κ1) is 10.4. The Morgan fingerprint density at radius 1 is 1.18 bits per heavy atom. The highest BCUT2D eigenvalue weighted by atomic mass is 79.9. The van der Waals surface area contributed by atoms with Crippen LogP contribution in [0.15, 0.2) is 41.1 Å². The third-order valence-corrected chi connectivity index (χ3v) is 3.05. The fourth-order valence-electron chi connectivity index (χ4n) is 1.76. The van der Waals surface area contributed by atoms with Crippen LogP contribution in [-0.4, -0.2) is 19.6 Å². The van der Waals surface area contributed by atoms with Gasteiger partial charge in [0, 0.05) is 15.7 Å². The summed E-state index contributed by atoms with van der Waals surface area (Å²) < 4.78 is 2.80. The molecule has 0 saturated heterocycles. The minimum Gasteiger partial charge on any atom is -0.216 e. The van der Waals surface area contributed by atoms with Gasteiger partial charge < -0.3 is 0 Å². The van der Waals surface area contributed by atoms with Gasteiger partial charge in [0.15, 0.2) is 0 Å². The van der Waals surface area contributed by atoms with Crippen LogP contribution in [0.25, 0.3) is 17.0 Å². The van der Waals surface area contributed by atoms with E-state index in [-0.39, 0.29) is 0 Å². The molecule has 0 aliphatic rings. The fraction of sp³-hybridized carbons (Fsp3) is 0.0833. The number of halogens is 1. The Morgan fingerprint density at radius 2 is 1.94 bits per heavy atom. The van der Waals surface area contributed by atoms with Crippen LogP contribution in [0.5, 0.6) is 0 Å². The summed E-state index contributed by atoms with van der Waals surface area (Å²) in [6.45, 7) is 1.96. The molecule has 5 heteroatoms. The highest BCUT2D eigenvalue weighted by Crippen LogP contribution is 2.22. The molecule has 2 aromatic heterocycles. The Morgan fingerprint density at radius 3 is 2.71 bits per heavy atom. The lowest BCUT2D eigenvalue weighted by Crippen LogP contribution is -1.98. The molecule has 0 radical (unpaired) electrons. The Bertz CT molecular complexity index is 673. The molecule has 0 aliphatic carbocycles. The van der Waals surface area contributed by atoms with Crippen LogP contribution < -0.4 is 0 Å². The predicted octanol–water partition coefficient (Wildman–Crippen LogP) is 2.86. The summed E-state index contributed by atoms with van der Waals surface area (Å²) in [5.74, 6) is 0.628. The van der Waals surface area contributed by atoms with E-state index < -0.39 is 0 Å². The maximum atomic E-state index is 4.32. The average Bonchev–Trinajstić information content (AvgIpc) is 2.77. The summed E-state index contributed by atoms with van der Waals surface area (Å²) in [6, 6.07) is 10.1. The largest absolute Gasteiger partial charge is 0.252 e. The standard InChI is InChI=1S/C12H9BrN4/c1-8-6-11(9-2-4-10(13)5-3-9)17-12(16-8)14-7-15-17/h2-7H,1H3. The van der Waals surface area contributed by atoms with E-state index in [2.05, 4.69) is 31.0 Å². The molecule has 0 amide bonds. The quantitative estimate of drug-likeness (QED) is 0.692. The molecule has 3 aromatic rings. The van der Waals surface area contributed by atoms with E-state index in [1.807, 2.05) is 37.3 Å². The van der Waals surface area contributed by atoms with Gasteiger partial charge in [0.1, 0.15) is 6.33 Å². The lowest BCUT2D eigenvalue weighted by Gasteiger charge is -2.05. The summed E-state index contributed by atoms with van der Waals surface area (Å²) >= 11 is 3.43. The van der Waals surface area contributed by atoms with Gasteiger partial charge >= 0.3 is 0 Å². The first-order chi connectivity index (χ1) is 8.24. The van der Waals surface area contributed by atoms with Gasteiger partial charge in [-0.25, -0.2) is 4.98 Å². The molecule has 84 valence electrons. The number of rotatable bonds is 1. The summed E-state index contributed by atoms with van der Waals surface area (Å²) in [7, 11) is 0. The summed E-state index contributed by atoms with van der Waals surface area (Å²) in [6.07, 6.45) is 1.52. The van der Waals surface area contributed by atoms with Crippen LogP contribution >= 0.6 is 15.9 Å². The molecule has 4 nitrogen and oxygen atoms in total. The number of hydrogen-bond donors (Lipinski definition) is 0. The molecule has 17 heavy (non-hydrogen) atoms. The van der Waals surface area contributed by atoms with Crippen molar-refractivity contribution < 1.29 is 0 Å². The van der Waals surface area contributed by atoms with E-state index in [0.29, 0.717) is 5.78 Å². The number of fused-ring (bicyclic) bond motifs is 1. The molecule has 3 rings (SSSR count). The van der Waals surface area contributed by atoms with Crippen LogP contribution in [0, 0.1) is 6.92 Å². The van der Waals surface area contributed by atoms with E-state index in [1.165, 1.54) is 6.33 Å². The van der Waals surface area contributed by atoms with Crippen LogP contribution in [-0.2, 0) is 0 Å². The lowest BCUT2D eigenvalue weighted by atomic mass is 10.1. The molecule has 0 bridgehead atoms. The van der Waals surface area contributed by atoms with Gasteiger partial charge in [0.2, 0.25) is 0 Å². The zero-order valence-electron chi connectivity index (χ0n) is 9.13. The van der Waals surface area contributed by atoms with Crippen LogP contribution in [0.3, 0.4) is 0 Å². The van der Waals surface area contributed by atoms with Crippen molar-refractivity contribution in [2.75, 3.05) is 0 Å². The first-order valence-electron chi connectivity index (χ1n) is 5.17. The summed E-state index contributed by atoms with van der Waals surface area (Å²) in [5, 5.41) is 4.19. The maximum absolute atomic E-state index is 4.32. The van der Waals surface area contributed by atoms with Crippen molar-refractivity contribution >= 4 is 21.7 Å². The van der Waals surface area contributed by atoms with E-state index in [0.717, 1.165) is 21.4 Å². The number of hydrogen-bond acceptors (Lipinski definition) is 3. The number of aryl methyl sites for hydroxylation is 1. The topological polar surface area (TPSA) is 43.1 Å². The SMILES string of the molecule is Cc1cc(-c2ccc(Br)cc2)n2ncnc2n1. The Kier molecular flexibility index (Phi) is 2.40. The van der Waals surface area contributed by atoms with E-state index >= 15 is 0 Å². The van der Waals surface area contributed by atoms with Crippen molar-refractivity contribution in [1.29, 1.82) is 0 Å². The molecule has 0 aliphatic heterocycles. The summed E-state index contributed by atoms with van der Waals surface area (Å²) in [5.41, 5.74) is 3.02. The average molecular weight is 289 g/mol. The molecule has 0 N–H and O–H groups in total. The molecular weight excluding hydrogens is 280 g/mol. The second-order valence-corrected chi connectivity index (χ2v) is 4.68. The fourth-order valence-corrected chi connectivity index (χ4v) is 2.02. The summed E-state index contributed by atoms with van der Waals surface area (Å²) in [4.78, 5) is 8.43. The molecule has 2 heterocycles. The normalized spacial score (nSPS) is 10.9. The molecule has 0 fully saturated rings. The number of nitrogens with zero attached hydrogens (tertiary/aromatic N) is 4. The Balaban J connectivity index is 2.28. The number of benzene rings is 1. The van der Waals surface area contributed by atoms with Gasteiger partial charge in [-0.1, -0.05) is 28.1 Å². The van der Waals surface area contributed by atoms with Crippen molar-refractivity contribution in [1.82, 2.24) is 19.6 Å². The van der Waals surface area contributed by atoms with Crippen molar-refractivity contribution in [2.45, 2.75) is 6.92 Å². The number of aromatic nitrogens is 4. The van der Waals surface area contributed by atoms with Gasteiger partial charge in [0.05, 0.1) is 5.69 Å². The third-order valence-electron chi connectivity index (χ3n) is 2.52. The van der Waals surface area contributed by atoms with Gasteiger partial charge in [-0.2, -0.15) is 14.6 Å². The zero-order valence-corrected chi connectivity index (χ0v) is 10.7. The van der Waals surface area contributed by atoms with Crippen molar-refractivity contribution in [3.05, 3.63) is 46.8 Å². The molecule has 0 saturated carbocycles. The van der Waals surface area contributed by atoms with Crippen molar-refractivity contribution in [3.63, 3.8) is 0 Å². The van der Waals surface area contributed by atoms with E-state index in [4.69, 9.17) is 0 Å². The van der Waals surface area contributed by atoms with Crippen molar-refractivity contribution in [3.8, 4) is 11.3 Å². The highest BCUT2D eigenvalue weighted by Gasteiger charge is 2.07. The van der Waals surface area contributed by atoms with E-state index in [9.17, 15) is 0 Å². The van der Waals surface area contributed by atoms with Crippen LogP contribution in [0.2, 0.25) is 0 Å². The van der Waals surface area contributed by atoms with E-state index in [1.54, 1.807) is 4.52 Å². The first-order valence-corrected chi connectivity index (χ1v) is 5.97. The Labute approximate surface area is 106 Å². The molecule has 0 unspecified atom stereocenters. The van der Waals surface area contributed by atoms with Gasteiger partial charge in [-0.3, -0.25) is 0 Å². The second kappa shape index (κ2) is 3.92. The van der Waals surface area contributed by atoms with Gasteiger partial charge in [-0.05, 0) is 25.1 Å². The molecule has 0 atom stereocenters. The second-order valence-electron chi connectivity index (χ2n) is 3.76. The molecule has 0 spiro atoms. The van der Waals surface area contributed by atoms with Gasteiger partial charge in [0.25, 0.3) is 5.78 Å². The van der Waals surface area contributed by atoms with Crippen LogP contribution in [0.1, 0.15) is 5.69 Å². The Hall–Kier alpha value is -1.75.